The molecule has 0 bridgehead atoms. The molecule has 2 amide bonds. The van der Waals surface area contributed by atoms with E-state index in [1.807, 2.05) is 55.4 Å². The van der Waals surface area contributed by atoms with E-state index in [1.54, 1.807) is 12.5 Å². The number of morpholine rings is 1. The first-order valence-electron chi connectivity index (χ1n) is 15.7. The lowest BCUT2D eigenvalue weighted by molar-refractivity contribution is -0.118. The summed E-state index contributed by atoms with van der Waals surface area (Å²) in [6.07, 6.45) is 5.18. The number of hydrogen-bond acceptors (Lipinski definition) is 9. The molecule has 0 spiro atoms. The van der Waals surface area contributed by atoms with E-state index in [2.05, 4.69) is 53.0 Å². The van der Waals surface area contributed by atoms with Gasteiger partial charge in [-0.3, -0.25) is 19.5 Å². The summed E-state index contributed by atoms with van der Waals surface area (Å²) >= 11 is 0. The number of nitrogens with one attached hydrogen (secondary N) is 3. The molecule has 3 N–H and O–H groups in total. The Morgan fingerprint density at radius 3 is 2.65 bits per heavy atom. The standard InChI is InChI=1S/C34H41N9O3/c1-23(19-41(2)3)33(44)39-27-5-4-12-42(21-27)20-24-10-11-35-30(17-24)34(45)38-26-8-6-25(7-9-26)29-18-28-31(40-29)36-22-37-32(28)43-13-15-46-16-14-43/h6-11,17-18,22,27H,1,4-5,12-16,19-21H2,2-3H3,(H,38,45)(H,39,44)(H,36,37,40)/t27-/m1/s1. The predicted octanol–water partition coefficient (Wildman–Crippen LogP) is 3.31. The van der Waals surface area contributed by atoms with Crippen molar-refractivity contribution in [3.8, 4) is 11.3 Å². The van der Waals surface area contributed by atoms with Crippen LogP contribution in [0.1, 0.15) is 28.9 Å². The Labute approximate surface area is 268 Å². The van der Waals surface area contributed by atoms with Crippen LogP contribution in [-0.4, -0.2) is 108 Å². The number of aromatic nitrogens is 4. The SMILES string of the molecule is C=C(CN(C)C)C(=O)N[C@@H]1CCCN(Cc2ccnc(C(=O)Nc3ccc(-c4cc5c(N6CCOCC6)ncnc5[nH]4)cc3)c2)C1. The number of hydrogen-bond donors (Lipinski definition) is 3. The highest BCUT2D eigenvalue weighted by atomic mass is 16.5. The Hall–Kier alpha value is -4.65. The summed E-state index contributed by atoms with van der Waals surface area (Å²) < 4.78 is 5.50. The molecule has 2 aliphatic heterocycles. The Kier molecular flexibility index (Phi) is 9.67. The molecule has 6 rings (SSSR count). The molecule has 1 aromatic carbocycles. The van der Waals surface area contributed by atoms with Crippen molar-refractivity contribution in [3.05, 3.63) is 78.4 Å². The summed E-state index contributed by atoms with van der Waals surface area (Å²) in [6.45, 7) is 9.77. The van der Waals surface area contributed by atoms with Gasteiger partial charge in [0.2, 0.25) is 5.91 Å². The topological polar surface area (TPSA) is 132 Å². The van der Waals surface area contributed by atoms with Gasteiger partial charge in [0, 0.05) is 61.9 Å². The van der Waals surface area contributed by atoms with E-state index < -0.39 is 0 Å². The van der Waals surface area contributed by atoms with E-state index in [0.717, 1.165) is 72.7 Å². The van der Waals surface area contributed by atoms with Gasteiger partial charge in [0.15, 0.2) is 0 Å². The van der Waals surface area contributed by atoms with Crippen LogP contribution in [0.5, 0.6) is 0 Å². The number of anilines is 2. The molecule has 0 saturated carbocycles. The molecular weight excluding hydrogens is 582 g/mol. The summed E-state index contributed by atoms with van der Waals surface area (Å²) in [4.78, 5) is 48.9. The first-order chi connectivity index (χ1) is 22.3. The number of likely N-dealkylation sites (tertiary alicyclic amines) is 1. The van der Waals surface area contributed by atoms with Gasteiger partial charge in [-0.15, -0.1) is 0 Å². The van der Waals surface area contributed by atoms with E-state index in [1.165, 1.54) is 0 Å². The molecule has 2 fully saturated rings. The predicted molar refractivity (Wildman–Crippen MR) is 179 cm³/mol. The molecule has 12 heteroatoms. The number of H-pyrrole nitrogens is 1. The lowest BCUT2D eigenvalue weighted by Gasteiger charge is -2.33. The third kappa shape index (κ3) is 7.58. The van der Waals surface area contributed by atoms with Crippen molar-refractivity contribution < 1.29 is 14.3 Å². The minimum absolute atomic E-state index is 0.0665. The van der Waals surface area contributed by atoms with Crippen LogP contribution >= 0.6 is 0 Å². The van der Waals surface area contributed by atoms with Crippen molar-refractivity contribution in [2.45, 2.75) is 25.4 Å². The highest BCUT2D eigenvalue weighted by Gasteiger charge is 2.23. The van der Waals surface area contributed by atoms with Crippen LogP contribution in [0.2, 0.25) is 0 Å². The Balaban J connectivity index is 1.06. The number of benzene rings is 1. The van der Waals surface area contributed by atoms with E-state index in [4.69, 9.17) is 4.74 Å². The van der Waals surface area contributed by atoms with Crippen LogP contribution in [-0.2, 0) is 16.1 Å². The number of ether oxygens (including phenoxy) is 1. The zero-order valence-corrected chi connectivity index (χ0v) is 26.5. The zero-order chi connectivity index (χ0) is 32.0. The van der Waals surface area contributed by atoms with Crippen LogP contribution in [0, 0.1) is 0 Å². The van der Waals surface area contributed by atoms with Gasteiger partial charge in [-0.2, -0.15) is 0 Å². The maximum atomic E-state index is 13.2. The fourth-order valence-corrected chi connectivity index (χ4v) is 6.05. The third-order valence-electron chi connectivity index (χ3n) is 8.30. The van der Waals surface area contributed by atoms with Gasteiger partial charge >= 0.3 is 0 Å². The molecule has 46 heavy (non-hydrogen) atoms. The summed E-state index contributed by atoms with van der Waals surface area (Å²) in [5.74, 6) is 0.544. The van der Waals surface area contributed by atoms with Crippen LogP contribution in [0.25, 0.3) is 22.3 Å². The van der Waals surface area contributed by atoms with Crippen molar-refractivity contribution in [3.63, 3.8) is 0 Å². The number of aromatic amines is 1. The molecule has 0 unspecified atom stereocenters. The monoisotopic (exact) mass is 623 g/mol. The number of fused-ring (bicyclic) bond motifs is 1. The van der Waals surface area contributed by atoms with Crippen molar-refractivity contribution in [1.82, 2.24) is 35.1 Å². The second-order valence-electron chi connectivity index (χ2n) is 12.2. The van der Waals surface area contributed by atoms with E-state index >= 15 is 0 Å². The zero-order valence-electron chi connectivity index (χ0n) is 26.5. The summed E-state index contributed by atoms with van der Waals surface area (Å²) in [5, 5.41) is 7.08. The average Bonchev–Trinajstić information content (AvgIpc) is 3.50. The number of pyridine rings is 1. The molecule has 2 aliphatic rings. The van der Waals surface area contributed by atoms with Gasteiger partial charge in [0.25, 0.3) is 5.91 Å². The number of likely N-dealkylation sites (N-methyl/N-ethyl adjacent to an activating group) is 1. The maximum Gasteiger partial charge on any atom is 0.274 e. The lowest BCUT2D eigenvalue weighted by atomic mass is 10.0. The number of carbonyl (C=O) groups is 2. The van der Waals surface area contributed by atoms with Gasteiger partial charge in [-0.1, -0.05) is 18.7 Å². The number of rotatable bonds is 10. The molecule has 12 nitrogen and oxygen atoms in total. The van der Waals surface area contributed by atoms with Crippen LogP contribution in [0.4, 0.5) is 11.5 Å². The highest BCUT2D eigenvalue weighted by Crippen LogP contribution is 2.30. The number of nitrogens with zero attached hydrogens (tertiary/aromatic N) is 6. The fraction of sp³-hybridized carbons (Fsp3) is 0.382. The van der Waals surface area contributed by atoms with E-state index in [0.29, 0.717) is 43.3 Å². The molecule has 0 aliphatic carbocycles. The highest BCUT2D eigenvalue weighted by molar-refractivity contribution is 6.03. The quantitative estimate of drug-likeness (QED) is 0.228. The van der Waals surface area contributed by atoms with Crippen molar-refractivity contribution in [2.24, 2.45) is 0 Å². The van der Waals surface area contributed by atoms with Crippen molar-refractivity contribution >= 4 is 34.4 Å². The minimum atomic E-state index is -0.270. The molecule has 0 radical (unpaired) electrons. The summed E-state index contributed by atoms with van der Waals surface area (Å²) in [6, 6.07) is 13.6. The van der Waals surface area contributed by atoms with E-state index in [9.17, 15) is 9.59 Å². The first kappa shape index (κ1) is 31.3. The minimum Gasteiger partial charge on any atom is -0.378 e. The Morgan fingerprint density at radius 1 is 1.07 bits per heavy atom. The fourth-order valence-electron chi connectivity index (χ4n) is 6.05. The first-order valence-corrected chi connectivity index (χ1v) is 15.7. The van der Waals surface area contributed by atoms with Gasteiger partial charge < -0.3 is 30.2 Å². The van der Waals surface area contributed by atoms with Crippen LogP contribution in [0.15, 0.2) is 67.1 Å². The maximum absolute atomic E-state index is 13.2. The lowest BCUT2D eigenvalue weighted by Crippen LogP contribution is -2.48. The van der Waals surface area contributed by atoms with Gasteiger partial charge in [-0.25, -0.2) is 9.97 Å². The van der Waals surface area contributed by atoms with E-state index in [-0.39, 0.29) is 17.9 Å². The molecule has 3 aromatic heterocycles. The van der Waals surface area contributed by atoms with Gasteiger partial charge in [0.1, 0.15) is 23.5 Å². The van der Waals surface area contributed by atoms with Crippen LogP contribution in [0.3, 0.4) is 0 Å². The Bertz CT molecular complexity index is 1700. The largest absolute Gasteiger partial charge is 0.378 e. The molecular formula is C34H41N9O3. The molecule has 4 aromatic rings. The summed E-state index contributed by atoms with van der Waals surface area (Å²) in [5.41, 5.74) is 5.28. The molecule has 2 saturated heterocycles. The third-order valence-corrected chi connectivity index (χ3v) is 8.30. The number of piperidine rings is 1. The normalized spacial score (nSPS) is 17.3. The summed E-state index contributed by atoms with van der Waals surface area (Å²) in [7, 11) is 3.84. The number of carbonyl (C=O) groups excluding carboxylic acids is 2. The second kappa shape index (κ2) is 14.2. The Morgan fingerprint density at radius 2 is 1.87 bits per heavy atom. The van der Waals surface area contributed by atoms with Gasteiger partial charge in [0.05, 0.1) is 18.6 Å². The van der Waals surface area contributed by atoms with Crippen molar-refractivity contribution in [2.75, 3.05) is 70.2 Å². The van der Waals surface area contributed by atoms with Gasteiger partial charge in [-0.05, 0) is 74.9 Å². The van der Waals surface area contributed by atoms with Crippen molar-refractivity contribution in [1.29, 1.82) is 0 Å². The average molecular weight is 624 g/mol. The number of amides is 2. The molecule has 1 atom stereocenters. The smallest absolute Gasteiger partial charge is 0.274 e. The van der Waals surface area contributed by atoms with Crippen LogP contribution < -0.4 is 15.5 Å². The molecule has 240 valence electrons. The molecule has 5 heterocycles. The second-order valence-corrected chi connectivity index (χ2v) is 12.2.